The molecule has 1 N–H and O–H groups in total. The van der Waals surface area contributed by atoms with Crippen LogP contribution in [0.5, 0.6) is 0 Å². The monoisotopic (exact) mass is 370 g/mol. The number of likely N-dealkylation sites (tertiary alicyclic amines) is 1. The van der Waals surface area contributed by atoms with E-state index in [-0.39, 0.29) is 17.4 Å². The Hall–Kier alpha value is -2.51. The zero-order valence-electron chi connectivity index (χ0n) is 15.0. The highest BCUT2D eigenvalue weighted by Gasteiger charge is 2.26. The van der Waals surface area contributed by atoms with Crippen molar-refractivity contribution in [2.45, 2.75) is 25.5 Å². The van der Waals surface area contributed by atoms with Gasteiger partial charge in [0.25, 0.3) is 0 Å². The molecule has 6 nitrogen and oxygen atoms in total. The lowest BCUT2D eigenvalue weighted by molar-refractivity contribution is 0.0575. The highest BCUT2D eigenvalue weighted by molar-refractivity contribution is 5.35. The second-order valence-corrected chi connectivity index (χ2v) is 7.11. The van der Waals surface area contributed by atoms with Crippen molar-refractivity contribution in [1.82, 2.24) is 19.1 Å². The third-order valence-corrected chi connectivity index (χ3v) is 5.41. The third kappa shape index (κ3) is 3.79. The Balaban J connectivity index is 1.32. The number of hydrogen-bond donors (Lipinski definition) is 1. The van der Waals surface area contributed by atoms with Crippen LogP contribution in [0.15, 0.2) is 53.5 Å². The number of nitrogens with zero attached hydrogens (tertiary/aromatic N) is 4. The predicted molar refractivity (Wildman–Crippen MR) is 100.0 cm³/mol. The molecule has 1 saturated heterocycles. The highest BCUT2D eigenvalue weighted by atomic mass is 19.1. The molecule has 1 atom stereocenters. The summed E-state index contributed by atoms with van der Waals surface area (Å²) in [5, 5.41) is 14.9. The Morgan fingerprint density at radius 1 is 1.11 bits per heavy atom. The van der Waals surface area contributed by atoms with Gasteiger partial charge in [-0.15, -0.1) is 5.10 Å². The van der Waals surface area contributed by atoms with Crippen molar-refractivity contribution < 1.29 is 9.50 Å². The molecule has 0 bridgehead atoms. The van der Waals surface area contributed by atoms with Gasteiger partial charge in [0.1, 0.15) is 5.82 Å². The summed E-state index contributed by atoms with van der Waals surface area (Å²) in [4.78, 5) is 14.6. The van der Waals surface area contributed by atoms with Crippen molar-refractivity contribution in [3.8, 4) is 0 Å². The molecule has 7 heteroatoms. The van der Waals surface area contributed by atoms with Crippen LogP contribution in [0.4, 0.5) is 4.39 Å². The van der Waals surface area contributed by atoms with E-state index in [4.69, 9.17) is 0 Å². The molecule has 0 spiro atoms. The number of benzene rings is 1. The third-order valence-electron chi connectivity index (χ3n) is 5.41. The van der Waals surface area contributed by atoms with Crippen LogP contribution in [0.1, 0.15) is 24.5 Å². The SMILES string of the molecule is O=c1n(CCN2CCC([C@@H](O)c3ccc(F)cc3)CC2)nc2ccccn12. The van der Waals surface area contributed by atoms with Crippen LogP contribution >= 0.6 is 0 Å². The van der Waals surface area contributed by atoms with Gasteiger partial charge in [0.2, 0.25) is 0 Å². The molecule has 3 aromatic rings. The molecule has 2 aromatic heterocycles. The summed E-state index contributed by atoms with van der Waals surface area (Å²) in [5.41, 5.74) is 1.31. The fourth-order valence-electron chi connectivity index (χ4n) is 3.77. The van der Waals surface area contributed by atoms with Gasteiger partial charge in [0, 0.05) is 12.7 Å². The Labute approximate surface area is 156 Å². The molecule has 1 aliphatic heterocycles. The maximum Gasteiger partial charge on any atom is 0.350 e. The van der Waals surface area contributed by atoms with Gasteiger partial charge in [-0.2, -0.15) is 0 Å². The van der Waals surface area contributed by atoms with Crippen LogP contribution in [-0.4, -0.2) is 43.8 Å². The summed E-state index contributed by atoms with van der Waals surface area (Å²) in [5.74, 6) is -0.118. The van der Waals surface area contributed by atoms with E-state index in [1.807, 2.05) is 18.2 Å². The minimum Gasteiger partial charge on any atom is -0.388 e. The molecule has 0 radical (unpaired) electrons. The maximum atomic E-state index is 13.0. The van der Waals surface area contributed by atoms with E-state index >= 15 is 0 Å². The first-order valence-corrected chi connectivity index (χ1v) is 9.32. The van der Waals surface area contributed by atoms with Crippen molar-refractivity contribution in [2.75, 3.05) is 19.6 Å². The molecular formula is C20H23FN4O2. The molecule has 27 heavy (non-hydrogen) atoms. The molecule has 3 heterocycles. The minimum atomic E-state index is -0.561. The van der Waals surface area contributed by atoms with E-state index in [0.29, 0.717) is 12.2 Å². The molecule has 142 valence electrons. The number of piperidine rings is 1. The molecule has 4 rings (SSSR count). The molecule has 0 amide bonds. The lowest BCUT2D eigenvalue weighted by Crippen LogP contribution is -2.38. The van der Waals surface area contributed by atoms with E-state index in [1.54, 1.807) is 22.7 Å². The van der Waals surface area contributed by atoms with Gasteiger partial charge >= 0.3 is 5.69 Å². The lowest BCUT2D eigenvalue weighted by Gasteiger charge is -2.34. The number of hydrogen-bond acceptors (Lipinski definition) is 4. The Bertz CT molecular complexity index is 958. The predicted octanol–water partition coefficient (Wildman–Crippen LogP) is 2.08. The van der Waals surface area contributed by atoms with E-state index in [2.05, 4.69) is 10.00 Å². The van der Waals surface area contributed by atoms with Gasteiger partial charge in [0.05, 0.1) is 12.6 Å². The number of pyridine rings is 1. The first-order valence-electron chi connectivity index (χ1n) is 9.32. The Kier molecular flexibility index (Phi) is 5.05. The quantitative estimate of drug-likeness (QED) is 0.747. The van der Waals surface area contributed by atoms with Gasteiger partial charge in [-0.3, -0.25) is 4.40 Å². The van der Waals surface area contributed by atoms with Crippen LogP contribution in [0, 0.1) is 11.7 Å². The molecule has 0 unspecified atom stereocenters. The van der Waals surface area contributed by atoms with Gasteiger partial charge in [0.15, 0.2) is 5.65 Å². The van der Waals surface area contributed by atoms with Crippen molar-refractivity contribution in [3.05, 3.63) is 70.5 Å². The Morgan fingerprint density at radius 3 is 2.56 bits per heavy atom. The standard InChI is InChI=1S/C20H23FN4O2/c21-17-6-4-15(5-7-17)19(26)16-8-11-23(12-9-16)13-14-25-20(27)24-10-2-1-3-18(24)22-25/h1-7,10,16,19,26H,8-9,11-14H2/t19-/m0/s1. The normalized spacial score (nSPS) is 17.4. The number of aromatic nitrogens is 3. The van der Waals surface area contributed by atoms with Crippen LogP contribution < -0.4 is 5.69 Å². The van der Waals surface area contributed by atoms with E-state index in [0.717, 1.165) is 38.0 Å². The first kappa shape index (κ1) is 17.9. The van der Waals surface area contributed by atoms with Crippen LogP contribution in [0.25, 0.3) is 5.65 Å². The molecule has 1 aromatic carbocycles. The van der Waals surface area contributed by atoms with E-state index in [1.165, 1.54) is 16.8 Å². The van der Waals surface area contributed by atoms with Gasteiger partial charge in [-0.1, -0.05) is 18.2 Å². The van der Waals surface area contributed by atoms with Crippen molar-refractivity contribution in [3.63, 3.8) is 0 Å². The molecule has 0 saturated carbocycles. The average Bonchev–Trinajstić information content (AvgIpc) is 3.03. The molecule has 1 fully saturated rings. The summed E-state index contributed by atoms with van der Waals surface area (Å²) in [6, 6.07) is 11.6. The fourth-order valence-corrected chi connectivity index (χ4v) is 3.77. The summed E-state index contributed by atoms with van der Waals surface area (Å²) < 4.78 is 16.1. The van der Waals surface area contributed by atoms with E-state index in [9.17, 15) is 14.3 Å². The molecule has 0 aliphatic carbocycles. The van der Waals surface area contributed by atoms with Gasteiger partial charge in [-0.25, -0.2) is 13.9 Å². The first-order chi connectivity index (χ1) is 13.1. The summed E-state index contributed by atoms with van der Waals surface area (Å²) in [6.07, 6.45) is 2.91. The topological polar surface area (TPSA) is 62.8 Å². The molecular weight excluding hydrogens is 347 g/mol. The summed E-state index contributed by atoms with van der Waals surface area (Å²) >= 11 is 0. The largest absolute Gasteiger partial charge is 0.388 e. The average molecular weight is 370 g/mol. The van der Waals surface area contributed by atoms with Crippen molar-refractivity contribution in [1.29, 1.82) is 0 Å². The Morgan fingerprint density at radius 2 is 1.85 bits per heavy atom. The second-order valence-electron chi connectivity index (χ2n) is 7.11. The second kappa shape index (κ2) is 7.62. The highest BCUT2D eigenvalue weighted by Crippen LogP contribution is 2.30. The van der Waals surface area contributed by atoms with Crippen LogP contribution in [-0.2, 0) is 6.54 Å². The number of rotatable bonds is 5. The van der Waals surface area contributed by atoms with E-state index < -0.39 is 6.10 Å². The van der Waals surface area contributed by atoms with Gasteiger partial charge in [-0.05, 0) is 61.7 Å². The number of halogens is 1. The summed E-state index contributed by atoms with van der Waals surface area (Å²) in [7, 11) is 0. The zero-order chi connectivity index (χ0) is 18.8. The van der Waals surface area contributed by atoms with Crippen LogP contribution in [0.3, 0.4) is 0 Å². The van der Waals surface area contributed by atoms with Crippen LogP contribution in [0.2, 0.25) is 0 Å². The lowest BCUT2D eigenvalue weighted by atomic mass is 9.87. The smallest absolute Gasteiger partial charge is 0.350 e. The minimum absolute atomic E-state index is 0.118. The maximum absolute atomic E-state index is 13.0. The number of aliphatic hydroxyl groups excluding tert-OH is 1. The fraction of sp³-hybridized carbons (Fsp3) is 0.400. The zero-order valence-corrected chi connectivity index (χ0v) is 15.0. The van der Waals surface area contributed by atoms with Gasteiger partial charge < -0.3 is 10.0 Å². The molecule has 1 aliphatic rings. The number of fused-ring (bicyclic) bond motifs is 1. The van der Waals surface area contributed by atoms with Crippen molar-refractivity contribution >= 4 is 5.65 Å². The number of aliphatic hydroxyl groups is 1. The van der Waals surface area contributed by atoms with Crippen molar-refractivity contribution in [2.24, 2.45) is 5.92 Å². The summed E-state index contributed by atoms with van der Waals surface area (Å²) in [6.45, 7) is 3.03.